The van der Waals surface area contributed by atoms with E-state index in [1.54, 1.807) is 0 Å². The van der Waals surface area contributed by atoms with Gasteiger partial charge in [0.2, 0.25) is 0 Å². The summed E-state index contributed by atoms with van der Waals surface area (Å²) in [6.45, 7) is 0. The lowest BCUT2D eigenvalue weighted by molar-refractivity contribution is 1.10. The van der Waals surface area contributed by atoms with Crippen molar-refractivity contribution in [3.05, 3.63) is 64.7 Å². The molecule has 0 atom stereocenters. The summed E-state index contributed by atoms with van der Waals surface area (Å²) in [6, 6.07) is 8.31. The van der Waals surface area contributed by atoms with E-state index in [1.807, 2.05) is 0 Å². The molecule has 1 aromatic rings. The Bertz CT molecular complexity index is 370. The number of halogens is 1. The van der Waals surface area contributed by atoms with Crippen molar-refractivity contribution in [3.63, 3.8) is 0 Å². The van der Waals surface area contributed by atoms with Crippen LogP contribution in [0.3, 0.4) is 0 Å². The van der Waals surface area contributed by atoms with Gasteiger partial charge in [-0.15, -0.1) is 0 Å². The quantitative estimate of drug-likeness (QED) is 0.734. The second kappa shape index (κ2) is 4.43. The number of hydrogen-bond donors (Lipinski definition) is 0. The van der Waals surface area contributed by atoms with Crippen LogP contribution < -0.4 is 0 Å². The normalized spacial score (nSPS) is 15.8. The van der Waals surface area contributed by atoms with Crippen LogP contribution in [0, 0.1) is 5.92 Å². The Balaban J connectivity index is 2.06. The van der Waals surface area contributed by atoms with Crippen molar-refractivity contribution in [2.75, 3.05) is 0 Å². The molecule has 0 fully saturated rings. The lowest BCUT2D eigenvalue weighted by Gasteiger charge is -1.96. The third-order valence-electron chi connectivity index (χ3n) is 2.16. The van der Waals surface area contributed by atoms with Gasteiger partial charge in [0, 0.05) is 10.4 Å². The average molecular weight is 247 g/mol. The molecule has 2 rings (SSSR count). The van der Waals surface area contributed by atoms with Crippen LogP contribution in [0.15, 0.2) is 59.1 Å². The van der Waals surface area contributed by atoms with Crippen molar-refractivity contribution in [1.82, 2.24) is 0 Å². The fourth-order valence-electron chi connectivity index (χ4n) is 1.37. The van der Waals surface area contributed by atoms with Gasteiger partial charge in [-0.05, 0) is 17.7 Å². The minimum absolute atomic E-state index is 0.471. The SMILES string of the molecule is Brc1ccc(/C=C/C2C=CC=C2)cc1. The van der Waals surface area contributed by atoms with Crippen molar-refractivity contribution in [2.24, 2.45) is 5.92 Å². The highest BCUT2D eigenvalue weighted by Gasteiger charge is 1.96. The van der Waals surface area contributed by atoms with Crippen LogP contribution in [0.1, 0.15) is 5.56 Å². The molecule has 0 saturated carbocycles. The molecule has 1 aliphatic rings. The summed E-state index contributed by atoms with van der Waals surface area (Å²) < 4.78 is 1.12. The molecule has 0 radical (unpaired) electrons. The molecule has 0 saturated heterocycles. The molecular formula is C13H11Br. The van der Waals surface area contributed by atoms with Crippen molar-refractivity contribution in [1.29, 1.82) is 0 Å². The van der Waals surface area contributed by atoms with Gasteiger partial charge in [0.25, 0.3) is 0 Å². The first-order valence-electron chi connectivity index (χ1n) is 4.63. The van der Waals surface area contributed by atoms with Crippen LogP contribution in [0.25, 0.3) is 6.08 Å². The van der Waals surface area contributed by atoms with Gasteiger partial charge in [-0.2, -0.15) is 0 Å². The van der Waals surface area contributed by atoms with Gasteiger partial charge in [0.15, 0.2) is 0 Å². The summed E-state index contributed by atoms with van der Waals surface area (Å²) in [5, 5.41) is 0. The van der Waals surface area contributed by atoms with Crippen molar-refractivity contribution in [2.45, 2.75) is 0 Å². The molecular weight excluding hydrogens is 236 g/mol. The molecule has 0 unspecified atom stereocenters. The second-order valence-electron chi connectivity index (χ2n) is 3.26. The molecule has 0 amide bonds. The van der Waals surface area contributed by atoms with Crippen molar-refractivity contribution < 1.29 is 0 Å². The summed E-state index contributed by atoms with van der Waals surface area (Å²) in [4.78, 5) is 0. The highest BCUT2D eigenvalue weighted by atomic mass is 79.9. The minimum atomic E-state index is 0.471. The standard InChI is InChI=1S/C13H11Br/c14-13-9-7-12(8-10-13)6-5-11-3-1-2-4-11/h1-11H/b6-5+. The molecule has 1 aromatic carbocycles. The first-order chi connectivity index (χ1) is 6.84. The molecule has 0 aliphatic heterocycles. The Labute approximate surface area is 92.8 Å². The molecule has 0 bridgehead atoms. The van der Waals surface area contributed by atoms with Crippen LogP contribution in [0.4, 0.5) is 0 Å². The monoisotopic (exact) mass is 246 g/mol. The van der Waals surface area contributed by atoms with Gasteiger partial charge in [0.1, 0.15) is 0 Å². The van der Waals surface area contributed by atoms with Crippen LogP contribution in [0.2, 0.25) is 0 Å². The molecule has 0 nitrogen and oxygen atoms in total. The molecule has 0 heterocycles. The van der Waals surface area contributed by atoms with E-state index in [0.717, 1.165) is 4.47 Å². The highest BCUT2D eigenvalue weighted by Crippen LogP contribution is 2.15. The molecule has 1 heteroatoms. The maximum absolute atomic E-state index is 3.42. The molecule has 1 aliphatic carbocycles. The number of rotatable bonds is 2. The van der Waals surface area contributed by atoms with E-state index in [-0.39, 0.29) is 0 Å². The fourth-order valence-corrected chi connectivity index (χ4v) is 1.64. The maximum atomic E-state index is 3.42. The molecule has 70 valence electrons. The molecule has 14 heavy (non-hydrogen) atoms. The lowest BCUT2D eigenvalue weighted by Crippen LogP contribution is -1.80. The predicted octanol–water partition coefficient (Wildman–Crippen LogP) is 4.20. The number of benzene rings is 1. The van der Waals surface area contributed by atoms with E-state index in [2.05, 4.69) is 76.7 Å². The third-order valence-corrected chi connectivity index (χ3v) is 2.69. The van der Waals surface area contributed by atoms with Gasteiger partial charge >= 0.3 is 0 Å². The van der Waals surface area contributed by atoms with Crippen molar-refractivity contribution in [3.8, 4) is 0 Å². The van der Waals surface area contributed by atoms with Gasteiger partial charge in [-0.3, -0.25) is 0 Å². The fraction of sp³-hybridized carbons (Fsp3) is 0.0769. The Morgan fingerprint density at radius 2 is 1.64 bits per heavy atom. The Morgan fingerprint density at radius 1 is 1.00 bits per heavy atom. The van der Waals surface area contributed by atoms with E-state index in [0.29, 0.717) is 5.92 Å². The third kappa shape index (κ3) is 2.46. The molecule has 0 N–H and O–H groups in total. The van der Waals surface area contributed by atoms with E-state index < -0.39 is 0 Å². The number of hydrogen-bond acceptors (Lipinski definition) is 0. The summed E-state index contributed by atoms with van der Waals surface area (Å²) >= 11 is 3.42. The first-order valence-corrected chi connectivity index (χ1v) is 5.43. The van der Waals surface area contributed by atoms with Gasteiger partial charge < -0.3 is 0 Å². The zero-order valence-corrected chi connectivity index (χ0v) is 9.31. The Hall–Kier alpha value is -1.08. The predicted molar refractivity (Wildman–Crippen MR) is 64.9 cm³/mol. The summed E-state index contributed by atoms with van der Waals surface area (Å²) in [7, 11) is 0. The molecule has 0 aromatic heterocycles. The average Bonchev–Trinajstić information content (AvgIpc) is 2.70. The van der Waals surface area contributed by atoms with E-state index in [9.17, 15) is 0 Å². The van der Waals surface area contributed by atoms with Gasteiger partial charge in [-0.1, -0.05) is 64.5 Å². The van der Waals surface area contributed by atoms with E-state index in [1.165, 1.54) is 5.56 Å². The van der Waals surface area contributed by atoms with Crippen LogP contribution >= 0.6 is 15.9 Å². The first kappa shape index (κ1) is 9.47. The summed E-state index contributed by atoms with van der Waals surface area (Å²) in [5.41, 5.74) is 1.24. The van der Waals surface area contributed by atoms with E-state index in [4.69, 9.17) is 0 Å². The number of allylic oxidation sites excluding steroid dienone is 5. The van der Waals surface area contributed by atoms with Gasteiger partial charge in [0.05, 0.1) is 0 Å². The maximum Gasteiger partial charge on any atom is 0.0175 e. The van der Waals surface area contributed by atoms with Crippen LogP contribution in [-0.2, 0) is 0 Å². The summed E-state index contributed by atoms with van der Waals surface area (Å²) in [6.07, 6.45) is 12.9. The lowest BCUT2D eigenvalue weighted by atomic mass is 10.1. The van der Waals surface area contributed by atoms with E-state index >= 15 is 0 Å². The largest absolute Gasteiger partial charge is 0.0738 e. The van der Waals surface area contributed by atoms with Crippen LogP contribution in [0.5, 0.6) is 0 Å². The topological polar surface area (TPSA) is 0 Å². The molecule has 0 spiro atoms. The summed E-state index contributed by atoms with van der Waals surface area (Å²) in [5.74, 6) is 0.471. The smallest absolute Gasteiger partial charge is 0.0175 e. The van der Waals surface area contributed by atoms with Gasteiger partial charge in [-0.25, -0.2) is 0 Å². The van der Waals surface area contributed by atoms with Crippen LogP contribution in [-0.4, -0.2) is 0 Å². The second-order valence-corrected chi connectivity index (χ2v) is 4.17. The Morgan fingerprint density at radius 3 is 2.29 bits per heavy atom. The zero-order chi connectivity index (χ0) is 9.80. The highest BCUT2D eigenvalue weighted by molar-refractivity contribution is 9.10. The zero-order valence-electron chi connectivity index (χ0n) is 7.73. The Kier molecular flexibility index (Phi) is 3.00. The van der Waals surface area contributed by atoms with Crippen molar-refractivity contribution >= 4 is 22.0 Å². The minimum Gasteiger partial charge on any atom is -0.0738 e.